The third kappa shape index (κ3) is 6.14. The summed E-state index contributed by atoms with van der Waals surface area (Å²) >= 11 is 0. The summed E-state index contributed by atoms with van der Waals surface area (Å²) in [7, 11) is 1.31. The Hall–Kier alpha value is -1.60. The van der Waals surface area contributed by atoms with Crippen LogP contribution < -0.4 is 20.5 Å². The summed E-state index contributed by atoms with van der Waals surface area (Å²) in [5.41, 5.74) is 5.75. The van der Waals surface area contributed by atoms with Crippen molar-refractivity contribution in [2.24, 2.45) is 11.7 Å². The van der Waals surface area contributed by atoms with Gasteiger partial charge in [-0.15, -0.1) is 12.4 Å². The van der Waals surface area contributed by atoms with Crippen molar-refractivity contribution in [3.63, 3.8) is 0 Å². The lowest BCUT2D eigenvalue weighted by Gasteiger charge is -2.13. The highest BCUT2D eigenvalue weighted by molar-refractivity contribution is 5.94. The van der Waals surface area contributed by atoms with E-state index in [1.807, 2.05) is 6.92 Å². The van der Waals surface area contributed by atoms with Gasteiger partial charge in [-0.2, -0.15) is 8.78 Å². The normalized spacial score (nSPS) is 11.5. The summed E-state index contributed by atoms with van der Waals surface area (Å²) in [5, 5.41) is 2.70. The van der Waals surface area contributed by atoms with E-state index in [0.29, 0.717) is 18.7 Å². The molecule has 120 valence electrons. The Balaban J connectivity index is 0.00000400. The standard InChI is InChI=1S/C13H18F2N2O3.ClH/c1-8(6-16)7-17-12(18)9-3-4-10(20-13(14)15)11(5-9)19-2;/h3-5,8,13H,6-7,16H2,1-2H3,(H,17,18);1H. The van der Waals surface area contributed by atoms with Gasteiger partial charge in [0.1, 0.15) is 0 Å². The van der Waals surface area contributed by atoms with E-state index in [1.165, 1.54) is 25.3 Å². The second kappa shape index (κ2) is 9.36. The van der Waals surface area contributed by atoms with Gasteiger partial charge in [-0.05, 0) is 30.7 Å². The van der Waals surface area contributed by atoms with E-state index in [0.717, 1.165) is 0 Å². The fraction of sp³-hybridized carbons (Fsp3) is 0.462. The minimum absolute atomic E-state index is 0. The van der Waals surface area contributed by atoms with Crippen LogP contribution in [0.3, 0.4) is 0 Å². The molecule has 1 rings (SSSR count). The van der Waals surface area contributed by atoms with Crippen LogP contribution in [0.1, 0.15) is 17.3 Å². The molecule has 0 radical (unpaired) electrons. The molecule has 0 aromatic heterocycles. The molecular weight excluding hydrogens is 306 g/mol. The smallest absolute Gasteiger partial charge is 0.387 e. The number of hydrogen-bond donors (Lipinski definition) is 2. The van der Waals surface area contributed by atoms with Crippen molar-refractivity contribution >= 4 is 18.3 Å². The summed E-state index contributed by atoms with van der Waals surface area (Å²) in [4.78, 5) is 11.9. The Bertz CT molecular complexity index is 461. The number of alkyl halides is 2. The van der Waals surface area contributed by atoms with Gasteiger partial charge in [0.25, 0.3) is 5.91 Å². The van der Waals surface area contributed by atoms with Crippen LogP contribution in [0.5, 0.6) is 11.5 Å². The highest BCUT2D eigenvalue weighted by Gasteiger charge is 2.14. The van der Waals surface area contributed by atoms with Crippen molar-refractivity contribution in [1.82, 2.24) is 5.32 Å². The first-order chi connectivity index (χ1) is 9.47. The molecule has 0 aliphatic rings. The number of halogens is 3. The summed E-state index contributed by atoms with van der Waals surface area (Å²) in [6.45, 7) is -0.146. The number of ether oxygens (including phenoxy) is 2. The Kier molecular flexibility index (Phi) is 8.64. The molecular formula is C13H19ClF2N2O3. The number of amides is 1. The maximum Gasteiger partial charge on any atom is 0.387 e. The van der Waals surface area contributed by atoms with E-state index in [1.54, 1.807) is 0 Å². The maximum absolute atomic E-state index is 12.2. The molecule has 8 heteroatoms. The molecule has 0 fully saturated rings. The Morgan fingerprint density at radius 3 is 2.57 bits per heavy atom. The highest BCUT2D eigenvalue weighted by atomic mass is 35.5. The molecule has 0 aliphatic heterocycles. The fourth-order valence-corrected chi connectivity index (χ4v) is 1.45. The van der Waals surface area contributed by atoms with Crippen LogP contribution in [0.4, 0.5) is 8.78 Å². The van der Waals surface area contributed by atoms with Crippen molar-refractivity contribution in [2.45, 2.75) is 13.5 Å². The molecule has 5 nitrogen and oxygen atoms in total. The average molecular weight is 325 g/mol. The topological polar surface area (TPSA) is 73.6 Å². The van der Waals surface area contributed by atoms with Crippen LogP contribution in [0.2, 0.25) is 0 Å². The summed E-state index contributed by atoms with van der Waals surface area (Å²) in [5.74, 6) is -0.214. The molecule has 1 aromatic rings. The second-order valence-corrected chi connectivity index (χ2v) is 4.30. The Morgan fingerprint density at radius 1 is 1.38 bits per heavy atom. The fourth-order valence-electron chi connectivity index (χ4n) is 1.45. The van der Waals surface area contributed by atoms with E-state index in [-0.39, 0.29) is 35.7 Å². The van der Waals surface area contributed by atoms with Crippen LogP contribution in [0, 0.1) is 5.92 Å². The van der Waals surface area contributed by atoms with Gasteiger partial charge in [0.15, 0.2) is 11.5 Å². The van der Waals surface area contributed by atoms with Gasteiger partial charge >= 0.3 is 6.61 Å². The Labute approximate surface area is 128 Å². The number of hydrogen-bond acceptors (Lipinski definition) is 4. The number of benzene rings is 1. The first kappa shape index (κ1) is 19.4. The number of nitrogens with two attached hydrogens (primary N) is 1. The minimum Gasteiger partial charge on any atom is -0.493 e. The first-order valence-electron chi connectivity index (χ1n) is 6.09. The van der Waals surface area contributed by atoms with Crippen LogP contribution in [0.25, 0.3) is 0 Å². The number of rotatable bonds is 7. The lowest BCUT2D eigenvalue weighted by atomic mass is 10.1. The van der Waals surface area contributed by atoms with Gasteiger partial charge in [-0.1, -0.05) is 6.92 Å². The SMILES string of the molecule is COc1cc(C(=O)NCC(C)CN)ccc1OC(F)F.Cl. The van der Waals surface area contributed by atoms with E-state index in [4.69, 9.17) is 10.5 Å². The van der Waals surface area contributed by atoms with Crippen molar-refractivity contribution in [1.29, 1.82) is 0 Å². The van der Waals surface area contributed by atoms with Gasteiger partial charge in [0, 0.05) is 12.1 Å². The predicted molar refractivity (Wildman–Crippen MR) is 77.4 cm³/mol. The number of methoxy groups -OCH3 is 1. The minimum atomic E-state index is -2.95. The zero-order valence-corrected chi connectivity index (χ0v) is 12.6. The number of carbonyl (C=O) groups excluding carboxylic acids is 1. The third-order valence-corrected chi connectivity index (χ3v) is 2.66. The zero-order valence-electron chi connectivity index (χ0n) is 11.8. The number of nitrogens with one attached hydrogen (secondary N) is 1. The molecule has 0 aliphatic carbocycles. The molecule has 1 atom stereocenters. The largest absolute Gasteiger partial charge is 0.493 e. The van der Waals surface area contributed by atoms with E-state index in [2.05, 4.69) is 10.1 Å². The van der Waals surface area contributed by atoms with Crippen molar-refractivity contribution in [2.75, 3.05) is 20.2 Å². The first-order valence-corrected chi connectivity index (χ1v) is 6.09. The van der Waals surface area contributed by atoms with E-state index in [9.17, 15) is 13.6 Å². The molecule has 1 amide bonds. The molecule has 3 N–H and O–H groups in total. The molecule has 0 bridgehead atoms. The van der Waals surface area contributed by atoms with E-state index >= 15 is 0 Å². The molecule has 0 spiro atoms. The van der Waals surface area contributed by atoms with Crippen LogP contribution >= 0.6 is 12.4 Å². The molecule has 0 saturated carbocycles. The van der Waals surface area contributed by atoms with Crippen molar-refractivity contribution in [3.8, 4) is 11.5 Å². The third-order valence-electron chi connectivity index (χ3n) is 2.66. The number of carbonyl (C=O) groups is 1. The maximum atomic E-state index is 12.2. The lowest BCUT2D eigenvalue weighted by molar-refractivity contribution is -0.0512. The van der Waals surface area contributed by atoms with Crippen LogP contribution in [-0.2, 0) is 0 Å². The van der Waals surface area contributed by atoms with Gasteiger partial charge in [-0.25, -0.2) is 0 Å². The van der Waals surface area contributed by atoms with Crippen LogP contribution in [-0.4, -0.2) is 32.7 Å². The van der Waals surface area contributed by atoms with Crippen molar-refractivity contribution < 1.29 is 23.0 Å². The predicted octanol–water partition coefficient (Wildman–Crippen LogP) is 2.04. The summed E-state index contributed by atoms with van der Waals surface area (Å²) in [6, 6.07) is 4.01. The second-order valence-electron chi connectivity index (χ2n) is 4.30. The van der Waals surface area contributed by atoms with Gasteiger partial charge in [-0.3, -0.25) is 4.79 Å². The Morgan fingerprint density at radius 2 is 2.05 bits per heavy atom. The van der Waals surface area contributed by atoms with Gasteiger partial charge in [0.05, 0.1) is 7.11 Å². The lowest BCUT2D eigenvalue weighted by Crippen LogP contribution is -2.31. The molecule has 1 unspecified atom stereocenters. The monoisotopic (exact) mass is 324 g/mol. The van der Waals surface area contributed by atoms with Crippen molar-refractivity contribution in [3.05, 3.63) is 23.8 Å². The molecule has 0 saturated heterocycles. The van der Waals surface area contributed by atoms with Crippen LogP contribution in [0.15, 0.2) is 18.2 Å². The van der Waals surface area contributed by atoms with Gasteiger partial charge < -0.3 is 20.5 Å². The zero-order chi connectivity index (χ0) is 15.1. The van der Waals surface area contributed by atoms with Gasteiger partial charge in [0.2, 0.25) is 0 Å². The molecule has 1 aromatic carbocycles. The van der Waals surface area contributed by atoms with E-state index < -0.39 is 6.61 Å². The quantitative estimate of drug-likeness (QED) is 0.805. The molecule has 0 heterocycles. The summed E-state index contributed by atoms with van der Waals surface area (Å²) < 4.78 is 33.6. The average Bonchev–Trinajstić information content (AvgIpc) is 2.44. The highest BCUT2D eigenvalue weighted by Crippen LogP contribution is 2.29. The summed E-state index contributed by atoms with van der Waals surface area (Å²) in [6.07, 6.45) is 0. The molecule has 21 heavy (non-hydrogen) atoms.